The molecule has 0 aliphatic rings. The molecule has 0 radical (unpaired) electrons. The van der Waals surface area contributed by atoms with Gasteiger partial charge in [0.2, 0.25) is 17.6 Å². The second-order valence-electron chi connectivity index (χ2n) is 7.48. The van der Waals surface area contributed by atoms with Crippen LogP contribution in [0.4, 0.5) is 0 Å². The van der Waals surface area contributed by atoms with E-state index in [4.69, 9.17) is 4.52 Å². The van der Waals surface area contributed by atoms with Crippen molar-refractivity contribution in [2.45, 2.75) is 58.8 Å². The smallest absolute Gasteiger partial charge is 0.227 e. The molecular weight excluding hydrogens is 384 g/mol. The first-order valence-corrected chi connectivity index (χ1v) is 11.0. The standard InChI is InChI=1S/C22H28N4O2S/c1-15(2)17-7-9-18(10-8-17)22-25-20(28-26-22)12-11-19(27)23-13-5-4-6-21-24-16(3)14-29-21/h7-10,14-15H,4-6,11-13H2,1-3H3,(H,23,27). The van der Waals surface area contributed by atoms with E-state index >= 15 is 0 Å². The molecule has 29 heavy (non-hydrogen) atoms. The van der Waals surface area contributed by atoms with Crippen molar-refractivity contribution >= 4 is 17.2 Å². The predicted octanol–water partition coefficient (Wildman–Crippen LogP) is 4.70. The molecule has 0 bridgehead atoms. The van der Waals surface area contributed by atoms with Crippen molar-refractivity contribution in [3.8, 4) is 11.4 Å². The molecule has 6 nitrogen and oxygen atoms in total. The number of benzene rings is 1. The Balaban J connectivity index is 1.36. The second-order valence-corrected chi connectivity index (χ2v) is 8.42. The summed E-state index contributed by atoms with van der Waals surface area (Å²) in [6.45, 7) is 7.01. The van der Waals surface area contributed by atoms with Crippen molar-refractivity contribution in [2.24, 2.45) is 0 Å². The van der Waals surface area contributed by atoms with Crippen molar-refractivity contribution in [3.63, 3.8) is 0 Å². The Morgan fingerprint density at radius 1 is 1.14 bits per heavy atom. The number of hydrogen-bond donors (Lipinski definition) is 1. The third kappa shape index (κ3) is 6.49. The third-order valence-electron chi connectivity index (χ3n) is 4.68. The SMILES string of the molecule is Cc1csc(CCCCNC(=O)CCc2nc(-c3ccc(C(C)C)cc3)no2)n1. The molecule has 3 aromatic rings. The monoisotopic (exact) mass is 412 g/mol. The molecule has 0 unspecified atom stereocenters. The molecule has 0 atom stereocenters. The van der Waals surface area contributed by atoms with Gasteiger partial charge in [0.25, 0.3) is 0 Å². The maximum atomic E-state index is 12.0. The van der Waals surface area contributed by atoms with Crippen LogP contribution in [0.25, 0.3) is 11.4 Å². The van der Waals surface area contributed by atoms with E-state index in [0.29, 0.717) is 37.0 Å². The summed E-state index contributed by atoms with van der Waals surface area (Å²) in [4.78, 5) is 20.9. The number of carbonyl (C=O) groups is 1. The molecule has 2 heterocycles. The van der Waals surface area contributed by atoms with Gasteiger partial charge in [0.15, 0.2) is 0 Å². The van der Waals surface area contributed by atoms with E-state index in [-0.39, 0.29) is 5.91 Å². The topological polar surface area (TPSA) is 80.9 Å². The first kappa shape index (κ1) is 21.2. The average molecular weight is 413 g/mol. The molecule has 2 aromatic heterocycles. The summed E-state index contributed by atoms with van der Waals surface area (Å²) in [7, 11) is 0. The van der Waals surface area contributed by atoms with Gasteiger partial charge in [0, 0.05) is 36.0 Å². The number of thiazole rings is 1. The van der Waals surface area contributed by atoms with E-state index in [1.54, 1.807) is 11.3 Å². The molecule has 1 aromatic carbocycles. The number of aryl methyl sites for hydroxylation is 3. The summed E-state index contributed by atoms with van der Waals surface area (Å²) in [6.07, 6.45) is 3.73. The zero-order valence-electron chi connectivity index (χ0n) is 17.3. The molecule has 0 spiro atoms. The van der Waals surface area contributed by atoms with Crippen LogP contribution in [0.15, 0.2) is 34.2 Å². The number of rotatable bonds is 10. The van der Waals surface area contributed by atoms with E-state index in [2.05, 4.69) is 51.8 Å². The van der Waals surface area contributed by atoms with Crippen LogP contribution in [0, 0.1) is 6.92 Å². The average Bonchev–Trinajstić information content (AvgIpc) is 3.35. The van der Waals surface area contributed by atoms with Crippen molar-refractivity contribution in [3.05, 3.63) is 51.8 Å². The molecule has 0 fully saturated rings. The minimum atomic E-state index is 0.0103. The van der Waals surface area contributed by atoms with Crippen molar-refractivity contribution in [1.29, 1.82) is 0 Å². The molecule has 1 N–H and O–H groups in total. The summed E-state index contributed by atoms with van der Waals surface area (Å²) in [5.41, 5.74) is 3.27. The molecule has 0 saturated heterocycles. The minimum absolute atomic E-state index is 0.0103. The van der Waals surface area contributed by atoms with Crippen LogP contribution < -0.4 is 5.32 Å². The Labute approximate surface area is 175 Å². The van der Waals surface area contributed by atoms with Crippen LogP contribution >= 0.6 is 11.3 Å². The lowest BCUT2D eigenvalue weighted by atomic mass is 10.0. The molecule has 3 rings (SSSR count). The Hall–Kier alpha value is -2.54. The number of nitrogens with one attached hydrogen (secondary N) is 1. The van der Waals surface area contributed by atoms with Gasteiger partial charge in [-0.25, -0.2) is 4.98 Å². The summed E-state index contributed by atoms with van der Waals surface area (Å²) in [6, 6.07) is 8.17. The normalized spacial score (nSPS) is 11.2. The van der Waals surface area contributed by atoms with Gasteiger partial charge in [-0.2, -0.15) is 4.98 Å². The molecule has 154 valence electrons. The second kappa shape index (κ2) is 10.3. The molecule has 7 heteroatoms. The highest BCUT2D eigenvalue weighted by atomic mass is 32.1. The fourth-order valence-corrected chi connectivity index (χ4v) is 3.76. The number of amides is 1. The molecule has 1 amide bonds. The maximum absolute atomic E-state index is 12.0. The highest BCUT2D eigenvalue weighted by Crippen LogP contribution is 2.20. The number of carbonyl (C=O) groups excluding carboxylic acids is 1. The zero-order valence-corrected chi connectivity index (χ0v) is 18.1. The van der Waals surface area contributed by atoms with Gasteiger partial charge in [-0.15, -0.1) is 11.3 Å². The van der Waals surface area contributed by atoms with E-state index in [1.807, 2.05) is 19.1 Å². The fraction of sp³-hybridized carbons (Fsp3) is 0.455. The zero-order chi connectivity index (χ0) is 20.6. The van der Waals surface area contributed by atoms with E-state index in [0.717, 1.165) is 30.5 Å². The Kier molecular flexibility index (Phi) is 7.52. The van der Waals surface area contributed by atoms with Crippen molar-refractivity contribution in [2.75, 3.05) is 6.54 Å². The van der Waals surface area contributed by atoms with Crippen LogP contribution in [-0.4, -0.2) is 27.6 Å². The quantitative estimate of drug-likeness (QED) is 0.488. The fourth-order valence-electron chi connectivity index (χ4n) is 2.95. The highest BCUT2D eigenvalue weighted by Gasteiger charge is 2.11. The largest absolute Gasteiger partial charge is 0.356 e. The first-order chi connectivity index (χ1) is 14.0. The summed E-state index contributed by atoms with van der Waals surface area (Å²) in [5.74, 6) is 1.55. The van der Waals surface area contributed by atoms with E-state index in [9.17, 15) is 4.79 Å². The van der Waals surface area contributed by atoms with Crippen LogP contribution in [0.3, 0.4) is 0 Å². The molecular formula is C22H28N4O2S. The van der Waals surface area contributed by atoms with Crippen LogP contribution in [0.5, 0.6) is 0 Å². The van der Waals surface area contributed by atoms with Crippen molar-refractivity contribution in [1.82, 2.24) is 20.4 Å². The lowest BCUT2D eigenvalue weighted by molar-refractivity contribution is -0.121. The lowest BCUT2D eigenvalue weighted by Crippen LogP contribution is -2.24. The van der Waals surface area contributed by atoms with Gasteiger partial charge in [0.1, 0.15) is 0 Å². The van der Waals surface area contributed by atoms with Crippen LogP contribution in [0.2, 0.25) is 0 Å². The number of unbranched alkanes of at least 4 members (excludes halogenated alkanes) is 1. The van der Waals surface area contributed by atoms with Gasteiger partial charge in [-0.1, -0.05) is 43.3 Å². The predicted molar refractivity (Wildman–Crippen MR) is 115 cm³/mol. The third-order valence-corrected chi connectivity index (χ3v) is 5.70. The Morgan fingerprint density at radius 3 is 2.62 bits per heavy atom. The molecule has 0 saturated carbocycles. The van der Waals surface area contributed by atoms with E-state index in [1.165, 1.54) is 10.6 Å². The van der Waals surface area contributed by atoms with Gasteiger partial charge in [-0.3, -0.25) is 4.79 Å². The van der Waals surface area contributed by atoms with Gasteiger partial charge in [0.05, 0.1) is 5.01 Å². The molecule has 0 aliphatic heterocycles. The number of aromatic nitrogens is 3. The van der Waals surface area contributed by atoms with Crippen LogP contribution in [-0.2, 0) is 17.6 Å². The van der Waals surface area contributed by atoms with Gasteiger partial charge >= 0.3 is 0 Å². The minimum Gasteiger partial charge on any atom is -0.356 e. The van der Waals surface area contributed by atoms with Gasteiger partial charge < -0.3 is 9.84 Å². The summed E-state index contributed by atoms with van der Waals surface area (Å²) in [5, 5.41) is 10.2. The summed E-state index contributed by atoms with van der Waals surface area (Å²) < 4.78 is 5.29. The highest BCUT2D eigenvalue weighted by molar-refractivity contribution is 7.09. The first-order valence-electron chi connectivity index (χ1n) is 10.1. The Morgan fingerprint density at radius 2 is 1.93 bits per heavy atom. The van der Waals surface area contributed by atoms with E-state index < -0.39 is 0 Å². The number of hydrogen-bond acceptors (Lipinski definition) is 6. The lowest BCUT2D eigenvalue weighted by Gasteiger charge is -2.04. The van der Waals surface area contributed by atoms with Crippen LogP contribution in [0.1, 0.15) is 61.2 Å². The number of nitrogens with zero attached hydrogens (tertiary/aromatic N) is 3. The van der Waals surface area contributed by atoms with Crippen molar-refractivity contribution < 1.29 is 9.32 Å². The Bertz CT molecular complexity index is 915. The maximum Gasteiger partial charge on any atom is 0.227 e. The van der Waals surface area contributed by atoms with Gasteiger partial charge in [-0.05, 0) is 37.7 Å². The summed E-state index contributed by atoms with van der Waals surface area (Å²) >= 11 is 1.70. The molecule has 0 aliphatic carbocycles.